The van der Waals surface area contributed by atoms with Crippen molar-refractivity contribution < 1.29 is 31.2 Å². The van der Waals surface area contributed by atoms with Crippen LogP contribution in [0.25, 0.3) is 0 Å². The van der Waals surface area contributed by atoms with Gasteiger partial charge in [-0.1, -0.05) is 11.6 Å². The Morgan fingerprint density at radius 2 is 1.64 bits per heavy atom. The van der Waals surface area contributed by atoms with Crippen molar-refractivity contribution in [3.8, 4) is 0 Å². The predicted molar refractivity (Wildman–Crippen MR) is 88.7 cm³/mol. The molecule has 28 heavy (non-hydrogen) atoms. The SMILES string of the molecule is Cc1nn(Cc2ccc(C(=O)Nc3c(F)c(F)c(F)c(F)c3F)o2)c(C)c1Cl. The first kappa shape index (κ1) is 19.9. The third kappa shape index (κ3) is 3.35. The number of carbonyl (C=O) groups excluding carboxylic acids is 1. The van der Waals surface area contributed by atoms with E-state index in [1.807, 2.05) is 0 Å². The summed E-state index contributed by atoms with van der Waals surface area (Å²) >= 11 is 6.04. The van der Waals surface area contributed by atoms with Gasteiger partial charge in [-0.25, -0.2) is 22.0 Å². The molecule has 0 spiro atoms. The van der Waals surface area contributed by atoms with E-state index in [0.29, 0.717) is 16.4 Å². The van der Waals surface area contributed by atoms with Crippen LogP contribution in [0, 0.1) is 42.9 Å². The zero-order valence-corrected chi connectivity index (χ0v) is 15.1. The average molecular weight is 420 g/mol. The maximum Gasteiger partial charge on any atom is 0.291 e. The normalized spacial score (nSPS) is 11.1. The zero-order valence-electron chi connectivity index (χ0n) is 14.3. The third-order valence-corrected chi connectivity index (χ3v) is 4.48. The summed E-state index contributed by atoms with van der Waals surface area (Å²) in [6.07, 6.45) is 0. The molecule has 0 aliphatic carbocycles. The van der Waals surface area contributed by atoms with Gasteiger partial charge in [0.1, 0.15) is 11.4 Å². The summed E-state index contributed by atoms with van der Waals surface area (Å²) in [5.74, 6) is -12.3. The molecule has 1 amide bonds. The van der Waals surface area contributed by atoms with E-state index in [1.165, 1.54) is 16.8 Å². The van der Waals surface area contributed by atoms with Crippen LogP contribution >= 0.6 is 11.6 Å². The summed E-state index contributed by atoms with van der Waals surface area (Å²) in [5, 5.41) is 6.28. The van der Waals surface area contributed by atoms with Crippen LogP contribution in [-0.2, 0) is 6.54 Å². The van der Waals surface area contributed by atoms with Crippen LogP contribution in [0.2, 0.25) is 5.02 Å². The summed E-state index contributed by atoms with van der Waals surface area (Å²) < 4.78 is 73.6. The number of hydrogen-bond donors (Lipinski definition) is 1. The Morgan fingerprint density at radius 3 is 2.18 bits per heavy atom. The van der Waals surface area contributed by atoms with Crippen LogP contribution in [0.4, 0.5) is 27.6 Å². The van der Waals surface area contributed by atoms with Gasteiger partial charge in [-0.3, -0.25) is 9.48 Å². The van der Waals surface area contributed by atoms with Crippen molar-refractivity contribution in [2.45, 2.75) is 20.4 Å². The zero-order chi connectivity index (χ0) is 20.7. The van der Waals surface area contributed by atoms with Gasteiger partial charge in [0, 0.05) is 0 Å². The van der Waals surface area contributed by atoms with E-state index in [2.05, 4.69) is 5.10 Å². The fourth-order valence-electron chi connectivity index (χ4n) is 2.45. The van der Waals surface area contributed by atoms with Crippen LogP contribution in [0.3, 0.4) is 0 Å². The molecule has 0 saturated carbocycles. The Hall–Kier alpha value is -2.88. The lowest BCUT2D eigenvalue weighted by Crippen LogP contribution is -2.16. The highest BCUT2D eigenvalue weighted by molar-refractivity contribution is 6.31. The largest absolute Gasteiger partial charge is 0.454 e. The molecule has 3 rings (SSSR count). The Labute approximate surface area is 159 Å². The minimum Gasteiger partial charge on any atom is -0.454 e. The highest BCUT2D eigenvalue weighted by Gasteiger charge is 2.27. The Morgan fingerprint density at radius 1 is 1.07 bits per heavy atom. The predicted octanol–water partition coefficient (Wildman–Crippen LogP) is 4.74. The number of halogens is 6. The molecule has 0 unspecified atom stereocenters. The summed E-state index contributed by atoms with van der Waals surface area (Å²) in [5.41, 5.74) is -0.220. The topological polar surface area (TPSA) is 60.1 Å². The molecule has 0 radical (unpaired) electrons. The molecule has 3 aromatic rings. The van der Waals surface area contributed by atoms with E-state index in [4.69, 9.17) is 16.0 Å². The third-order valence-electron chi connectivity index (χ3n) is 3.93. The van der Waals surface area contributed by atoms with E-state index < -0.39 is 46.4 Å². The van der Waals surface area contributed by atoms with Crippen molar-refractivity contribution in [1.82, 2.24) is 9.78 Å². The molecule has 2 aromatic heterocycles. The van der Waals surface area contributed by atoms with Gasteiger partial charge in [-0.05, 0) is 26.0 Å². The first-order chi connectivity index (χ1) is 13.1. The molecule has 0 bridgehead atoms. The van der Waals surface area contributed by atoms with Gasteiger partial charge in [-0.15, -0.1) is 0 Å². The number of aromatic nitrogens is 2. The number of hydrogen-bond acceptors (Lipinski definition) is 3. The molecule has 5 nitrogen and oxygen atoms in total. The first-order valence-corrected chi connectivity index (χ1v) is 8.10. The lowest BCUT2D eigenvalue weighted by atomic mass is 10.2. The van der Waals surface area contributed by atoms with E-state index in [-0.39, 0.29) is 12.3 Å². The van der Waals surface area contributed by atoms with Crippen molar-refractivity contribution in [2.24, 2.45) is 0 Å². The molecular weight excluding hydrogens is 409 g/mol. The molecule has 1 aromatic carbocycles. The Kier molecular flexibility index (Phi) is 5.16. The fourth-order valence-corrected chi connectivity index (χ4v) is 2.59. The molecule has 0 saturated heterocycles. The summed E-state index contributed by atoms with van der Waals surface area (Å²) in [4.78, 5) is 12.1. The monoisotopic (exact) mass is 419 g/mol. The van der Waals surface area contributed by atoms with Gasteiger partial charge < -0.3 is 9.73 Å². The van der Waals surface area contributed by atoms with Gasteiger partial charge in [0.25, 0.3) is 5.91 Å². The van der Waals surface area contributed by atoms with Crippen molar-refractivity contribution >= 4 is 23.2 Å². The average Bonchev–Trinajstić information content (AvgIpc) is 3.23. The number of carbonyl (C=O) groups is 1. The van der Waals surface area contributed by atoms with E-state index >= 15 is 0 Å². The Balaban J connectivity index is 1.83. The second kappa shape index (κ2) is 7.27. The number of amides is 1. The summed E-state index contributed by atoms with van der Waals surface area (Å²) in [7, 11) is 0. The van der Waals surface area contributed by atoms with Gasteiger partial charge in [0.15, 0.2) is 29.0 Å². The number of rotatable bonds is 4. The van der Waals surface area contributed by atoms with Gasteiger partial charge >= 0.3 is 0 Å². The minimum atomic E-state index is -2.32. The molecule has 0 aliphatic rings. The summed E-state index contributed by atoms with van der Waals surface area (Å²) in [6, 6.07) is 2.59. The van der Waals surface area contributed by atoms with Crippen LogP contribution in [0.1, 0.15) is 27.7 Å². The molecular formula is C17H11ClF5N3O2. The quantitative estimate of drug-likeness (QED) is 0.377. The number of anilines is 1. The molecule has 0 fully saturated rings. The van der Waals surface area contributed by atoms with E-state index in [1.54, 1.807) is 19.2 Å². The van der Waals surface area contributed by atoms with Crippen molar-refractivity contribution in [3.05, 3.63) is 69.1 Å². The van der Waals surface area contributed by atoms with Gasteiger partial charge in [0.2, 0.25) is 5.82 Å². The van der Waals surface area contributed by atoms with Crippen LogP contribution in [-0.4, -0.2) is 15.7 Å². The standard InChI is InChI=1S/C17H11ClF5N3O2/c1-6-10(18)7(2)26(25-6)5-8-3-4-9(28-8)17(27)24-16-14(22)12(20)11(19)13(21)15(16)23/h3-4H,5H2,1-2H3,(H,24,27). The Bertz CT molecular complexity index is 1060. The maximum atomic E-state index is 13.7. The highest BCUT2D eigenvalue weighted by Crippen LogP contribution is 2.28. The number of nitrogens with zero attached hydrogens (tertiary/aromatic N) is 2. The highest BCUT2D eigenvalue weighted by atomic mass is 35.5. The number of furan rings is 1. The number of aryl methyl sites for hydroxylation is 1. The minimum absolute atomic E-state index is 0.106. The van der Waals surface area contributed by atoms with Crippen LogP contribution in [0.5, 0.6) is 0 Å². The number of nitrogens with one attached hydrogen (secondary N) is 1. The van der Waals surface area contributed by atoms with Gasteiger partial charge in [-0.2, -0.15) is 5.10 Å². The fraction of sp³-hybridized carbons (Fsp3) is 0.176. The number of benzene rings is 1. The van der Waals surface area contributed by atoms with Crippen LogP contribution < -0.4 is 5.32 Å². The van der Waals surface area contributed by atoms with Gasteiger partial charge in [0.05, 0.1) is 23.0 Å². The van der Waals surface area contributed by atoms with Crippen molar-refractivity contribution in [3.63, 3.8) is 0 Å². The molecule has 11 heteroatoms. The maximum absolute atomic E-state index is 13.7. The lowest BCUT2D eigenvalue weighted by Gasteiger charge is -2.08. The van der Waals surface area contributed by atoms with Crippen molar-refractivity contribution in [2.75, 3.05) is 5.32 Å². The molecule has 0 aliphatic heterocycles. The van der Waals surface area contributed by atoms with E-state index in [9.17, 15) is 26.7 Å². The van der Waals surface area contributed by atoms with Crippen molar-refractivity contribution in [1.29, 1.82) is 0 Å². The second-order valence-electron chi connectivity index (χ2n) is 5.81. The molecule has 2 heterocycles. The van der Waals surface area contributed by atoms with E-state index in [0.717, 1.165) is 0 Å². The first-order valence-electron chi connectivity index (χ1n) is 7.72. The molecule has 148 valence electrons. The lowest BCUT2D eigenvalue weighted by molar-refractivity contribution is 0.0993. The summed E-state index contributed by atoms with van der Waals surface area (Å²) in [6.45, 7) is 3.54. The molecule has 1 N–H and O–H groups in total. The second-order valence-corrected chi connectivity index (χ2v) is 6.19. The van der Waals surface area contributed by atoms with Crippen LogP contribution in [0.15, 0.2) is 16.5 Å². The molecule has 0 atom stereocenters. The smallest absolute Gasteiger partial charge is 0.291 e.